The predicted molar refractivity (Wildman–Crippen MR) is 148 cm³/mol. The first-order valence-corrected chi connectivity index (χ1v) is 14.7. The lowest BCUT2D eigenvalue weighted by Gasteiger charge is -2.39. The number of nitrogens with zero attached hydrogens (tertiary/aromatic N) is 4. The highest BCUT2D eigenvalue weighted by atomic mass is 32.2. The number of benzene rings is 2. The van der Waals surface area contributed by atoms with Crippen LogP contribution in [0, 0.1) is 12.8 Å². The van der Waals surface area contributed by atoms with Crippen LogP contribution in [0.3, 0.4) is 0 Å². The van der Waals surface area contributed by atoms with Crippen molar-refractivity contribution in [2.75, 3.05) is 26.2 Å². The van der Waals surface area contributed by atoms with Crippen LogP contribution in [0.25, 0.3) is 11.4 Å². The number of hydrogen-bond acceptors (Lipinski definition) is 7. The second-order valence-corrected chi connectivity index (χ2v) is 12.3. The summed E-state index contributed by atoms with van der Waals surface area (Å²) in [4.78, 5) is 36.7. The maximum Gasteiger partial charge on any atom is 0.416 e. The minimum atomic E-state index is -4.70. The van der Waals surface area contributed by atoms with E-state index in [1.54, 1.807) is 38.1 Å². The highest BCUT2D eigenvalue weighted by Gasteiger charge is 2.39. The summed E-state index contributed by atoms with van der Waals surface area (Å²) in [5.41, 5.74) is -0.444. The molecule has 1 atom stereocenters. The van der Waals surface area contributed by atoms with Crippen molar-refractivity contribution in [2.45, 2.75) is 44.8 Å². The van der Waals surface area contributed by atoms with E-state index in [-0.39, 0.29) is 54.9 Å². The molecule has 1 aliphatic heterocycles. The van der Waals surface area contributed by atoms with Gasteiger partial charge in [-0.2, -0.15) is 17.5 Å². The van der Waals surface area contributed by atoms with Crippen molar-refractivity contribution < 1.29 is 35.9 Å². The van der Waals surface area contributed by atoms with Crippen molar-refractivity contribution in [3.05, 3.63) is 77.1 Å². The van der Waals surface area contributed by atoms with E-state index in [0.29, 0.717) is 11.6 Å². The summed E-state index contributed by atoms with van der Waals surface area (Å²) < 4.78 is 72.8. The lowest BCUT2D eigenvalue weighted by atomic mass is 10.1. The second-order valence-electron chi connectivity index (χ2n) is 10.5. The molecule has 0 N–H and O–H groups in total. The van der Waals surface area contributed by atoms with E-state index >= 15 is 0 Å². The molecule has 1 unspecified atom stereocenters. The molecular weight excluding hydrogens is 573 g/mol. The molecule has 42 heavy (non-hydrogen) atoms. The molecule has 1 fully saturated rings. The Morgan fingerprint density at radius 3 is 2.36 bits per heavy atom. The van der Waals surface area contributed by atoms with E-state index < -0.39 is 44.6 Å². The van der Waals surface area contributed by atoms with Crippen LogP contribution in [0.1, 0.15) is 52.9 Å². The summed E-state index contributed by atoms with van der Waals surface area (Å²) in [7, 11) is -4.30. The fourth-order valence-corrected chi connectivity index (χ4v) is 6.26. The molecule has 4 rings (SSSR count). The van der Waals surface area contributed by atoms with Crippen LogP contribution >= 0.6 is 0 Å². The number of hydrogen-bond donors (Lipinski definition) is 0. The minimum Gasteiger partial charge on any atom is -0.462 e. The number of carbonyl (C=O) groups excluding carboxylic acids is 2. The maximum atomic E-state index is 13.9. The Balaban J connectivity index is 1.64. The Labute approximate surface area is 242 Å². The first kappa shape index (κ1) is 31.1. The molecule has 1 aromatic heterocycles. The van der Waals surface area contributed by atoms with Gasteiger partial charge in [-0.25, -0.2) is 23.2 Å². The Bertz CT molecular complexity index is 1580. The Hall–Kier alpha value is -3.84. The molecule has 224 valence electrons. The number of amides is 1. The molecule has 3 aromatic rings. The van der Waals surface area contributed by atoms with E-state index in [0.717, 1.165) is 22.5 Å². The zero-order chi connectivity index (χ0) is 30.8. The van der Waals surface area contributed by atoms with Crippen LogP contribution in [0.5, 0.6) is 0 Å². The summed E-state index contributed by atoms with van der Waals surface area (Å²) in [6.07, 6.45) is -4.70. The van der Waals surface area contributed by atoms with Gasteiger partial charge in [0.1, 0.15) is 11.3 Å². The van der Waals surface area contributed by atoms with Gasteiger partial charge in [0.05, 0.1) is 22.8 Å². The van der Waals surface area contributed by atoms with Crippen molar-refractivity contribution in [1.82, 2.24) is 19.2 Å². The third-order valence-electron chi connectivity index (χ3n) is 6.70. The van der Waals surface area contributed by atoms with E-state index in [9.17, 15) is 31.2 Å². The molecule has 0 aliphatic carbocycles. The summed E-state index contributed by atoms with van der Waals surface area (Å²) in [6.45, 7) is 6.67. The number of esters is 1. The van der Waals surface area contributed by atoms with Gasteiger partial charge >= 0.3 is 12.1 Å². The van der Waals surface area contributed by atoms with Gasteiger partial charge in [0, 0.05) is 31.2 Å². The third kappa shape index (κ3) is 6.62. The normalized spacial score (nSPS) is 16.5. The number of ether oxygens (including phenoxy) is 1. The van der Waals surface area contributed by atoms with Gasteiger partial charge in [-0.15, -0.1) is 0 Å². The molecular formula is C29H31F3N4O5S. The molecule has 0 radical (unpaired) electrons. The predicted octanol–water partition coefficient (Wildman–Crippen LogP) is 4.82. The second kappa shape index (κ2) is 12.2. The standard InChI is InChI=1S/C29H31F3N4O5S/c1-18(2)17-41-28(38)24-20(4)33-26(21-9-6-5-7-10-21)34-25(24)27(37)35-13-14-36(19(3)16-35)42(39,40)23-12-8-11-22(15-23)29(30,31)32/h5-12,15,18-19H,13-14,16-17H2,1-4H3. The van der Waals surface area contributed by atoms with Crippen LogP contribution in [-0.4, -0.2) is 71.8 Å². The number of halogens is 3. The Morgan fingerprint density at radius 2 is 1.74 bits per heavy atom. The molecule has 1 saturated heterocycles. The number of alkyl halides is 3. The smallest absolute Gasteiger partial charge is 0.416 e. The average Bonchev–Trinajstić information content (AvgIpc) is 2.95. The summed E-state index contributed by atoms with van der Waals surface area (Å²) in [5.74, 6) is -1.08. The first-order valence-electron chi connectivity index (χ1n) is 13.3. The lowest BCUT2D eigenvalue weighted by molar-refractivity contribution is -0.137. The summed E-state index contributed by atoms with van der Waals surface area (Å²) >= 11 is 0. The molecule has 0 saturated carbocycles. The van der Waals surface area contributed by atoms with E-state index in [1.165, 1.54) is 4.90 Å². The first-order chi connectivity index (χ1) is 19.7. The highest BCUT2D eigenvalue weighted by Crippen LogP contribution is 2.32. The summed E-state index contributed by atoms with van der Waals surface area (Å²) in [5, 5.41) is 0. The van der Waals surface area contributed by atoms with Crippen molar-refractivity contribution in [3.8, 4) is 11.4 Å². The van der Waals surface area contributed by atoms with Gasteiger partial charge in [0.2, 0.25) is 10.0 Å². The van der Waals surface area contributed by atoms with Gasteiger partial charge in [0.15, 0.2) is 5.82 Å². The van der Waals surface area contributed by atoms with Crippen molar-refractivity contribution in [1.29, 1.82) is 0 Å². The fraction of sp³-hybridized carbons (Fsp3) is 0.379. The van der Waals surface area contributed by atoms with E-state index in [4.69, 9.17) is 4.74 Å². The number of carbonyl (C=O) groups is 2. The van der Waals surface area contributed by atoms with Crippen LogP contribution in [0.2, 0.25) is 0 Å². The van der Waals surface area contributed by atoms with Crippen molar-refractivity contribution in [2.24, 2.45) is 5.92 Å². The number of piperazine rings is 1. The lowest BCUT2D eigenvalue weighted by Crippen LogP contribution is -2.55. The molecule has 0 spiro atoms. The molecule has 13 heteroatoms. The Kier molecular flexibility index (Phi) is 9.02. The van der Waals surface area contributed by atoms with Gasteiger partial charge in [-0.1, -0.05) is 50.2 Å². The van der Waals surface area contributed by atoms with Gasteiger partial charge in [-0.05, 0) is 38.0 Å². The van der Waals surface area contributed by atoms with Gasteiger partial charge in [0.25, 0.3) is 5.91 Å². The van der Waals surface area contributed by atoms with Crippen molar-refractivity contribution >= 4 is 21.9 Å². The number of aryl methyl sites for hydroxylation is 1. The molecule has 1 amide bonds. The van der Waals surface area contributed by atoms with E-state index in [1.807, 2.05) is 19.9 Å². The average molecular weight is 605 g/mol. The van der Waals surface area contributed by atoms with Gasteiger partial charge < -0.3 is 9.64 Å². The Morgan fingerprint density at radius 1 is 1.05 bits per heavy atom. The van der Waals surface area contributed by atoms with Crippen LogP contribution in [0.15, 0.2) is 59.5 Å². The molecule has 0 bridgehead atoms. The monoisotopic (exact) mass is 604 g/mol. The highest BCUT2D eigenvalue weighted by molar-refractivity contribution is 7.89. The minimum absolute atomic E-state index is 0.0469. The quantitative estimate of drug-likeness (QED) is 0.356. The van der Waals surface area contributed by atoms with Crippen LogP contribution < -0.4 is 0 Å². The molecule has 2 aromatic carbocycles. The fourth-order valence-electron chi connectivity index (χ4n) is 4.60. The van der Waals surface area contributed by atoms with Crippen molar-refractivity contribution in [3.63, 3.8) is 0 Å². The number of sulfonamides is 1. The van der Waals surface area contributed by atoms with Gasteiger partial charge in [-0.3, -0.25) is 4.79 Å². The largest absolute Gasteiger partial charge is 0.462 e. The zero-order valence-electron chi connectivity index (χ0n) is 23.6. The van der Waals surface area contributed by atoms with E-state index in [2.05, 4.69) is 9.97 Å². The molecule has 2 heterocycles. The summed E-state index contributed by atoms with van der Waals surface area (Å²) in [6, 6.07) is 11.7. The maximum absolute atomic E-state index is 13.9. The molecule has 1 aliphatic rings. The zero-order valence-corrected chi connectivity index (χ0v) is 24.4. The SMILES string of the molecule is Cc1nc(-c2ccccc2)nc(C(=O)N2CCN(S(=O)(=O)c3cccc(C(F)(F)F)c3)C(C)C2)c1C(=O)OCC(C)C. The molecule has 9 nitrogen and oxygen atoms in total. The number of rotatable bonds is 7. The third-order valence-corrected chi connectivity index (χ3v) is 8.71. The van der Waals surface area contributed by atoms with Crippen LogP contribution in [0.4, 0.5) is 13.2 Å². The topological polar surface area (TPSA) is 110 Å². The number of aromatic nitrogens is 2. The van der Waals surface area contributed by atoms with Crippen LogP contribution in [-0.2, 0) is 20.9 Å².